The van der Waals surface area contributed by atoms with Crippen LogP contribution in [-0.4, -0.2) is 5.91 Å². The molecule has 1 amide bonds. The van der Waals surface area contributed by atoms with Crippen molar-refractivity contribution >= 4 is 34.2 Å². The molecule has 0 aromatic heterocycles. The number of benzene rings is 2. The number of para-hydroxylation sites is 1. The van der Waals surface area contributed by atoms with Crippen molar-refractivity contribution in [2.75, 3.05) is 5.73 Å². The fourth-order valence-electron chi connectivity index (χ4n) is 1.47. The number of nitrogen functional groups attached to an aromatic ring is 1. The third-order valence-electron chi connectivity index (χ3n) is 2.35. The summed E-state index contributed by atoms with van der Waals surface area (Å²) in [5.41, 5.74) is 11.5. The minimum absolute atomic E-state index is 0.262. The van der Waals surface area contributed by atoms with E-state index in [2.05, 4.69) is 22.6 Å². The van der Waals surface area contributed by atoms with Crippen LogP contribution < -0.4 is 16.2 Å². The van der Waals surface area contributed by atoms with Gasteiger partial charge in [0.05, 0.1) is 9.13 Å². The molecule has 0 aliphatic heterocycles. The topological polar surface area (TPSA) is 78.3 Å². The second-order valence-electron chi connectivity index (χ2n) is 3.65. The second-order valence-corrected chi connectivity index (χ2v) is 4.81. The molecule has 0 aliphatic carbocycles. The third-order valence-corrected chi connectivity index (χ3v) is 3.25. The molecule has 0 spiro atoms. The lowest BCUT2D eigenvalue weighted by Crippen LogP contribution is -2.13. The summed E-state index contributed by atoms with van der Waals surface area (Å²) in [5, 5.41) is 0. The van der Waals surface area contributed by atoms with Crippen molar-refractivity contribution < 1.29 is 9.53 Å². The van der Waals surface area contributed by atoms with Gasteiger partial charge < -0.3 is 16.2 Å². The molecular formula is C13H11IN2O2. The van der Waals surface area contributed by atoms with Gasteiger partial charge in [-0.1, -0.05) is 12.1 Å². The Kier molecular flexibility index (Phi) is 3.71. The Hall–Kier alpha value is -1.76. The lowest BCUT2D eigenvalue weighted by atomic mass is 10.1. The molecule has 4 N–H and O–H groups in total. The normalized spacial score (nSPS) is 10.1. The van der Waals surface area contributed by atoms with E-state index in [1.807, 2.05) is 24.3 Å². The average Bonchev–Trinajstić information content (AvgIpc) is 2.34. The Bertz CT molecular complexity index is 599. The Morgan fingerprint density at radius 1 is 1.17 bits per heavy atom. The fourth-order valence-corrected chi connectivity index (χ4v) is 1.96. The Morgan fingerprint density at radius 3 is 2.56 bits per heavy atom. The SMILES string of the molecule is NC(=O)c1cc(Oc2ccccc2I)ccc1N. The van der Waals surface area contributed by atoms with E-state index < -0.39 is 5.91 Å². The molecule has 5 heteroatoms. The van der Waals surface area contributed by atoms with Crippen LogP contribution in [-0.2, 0) is 0 Å². The lowest BCUT2D eigenvalue weighted by Gasteiger charge is -2.09. The van der Waals surface area contributed by atoms with E-state index in [0.717, 1.165) is 9.32 Å². The Balaban J connectivity index is 2.33. The van der Waals surface area contributed by atoms with Gasteiger partial charge in [-0.05, 0) is 52.9 Å². The van der Waals surface area contributed by atoms with Crippen LogP contribution in [0.25, 0.3) is 0 Å². The largest absolute Gasteiger partial charge is 0.456 e. The summed E-state index contributed by atoms with van der Waals surface area (Å²) in [6, 6.07) is 12.4. The van der Waals surface area contributed by atoms with Gasteiger partial charge in [-0.25, -0.2) is 0 Å². The number of carbonyl (C=O) groups excluding carboxylic acids is 1. The molecule has 4 nitrogen and oxygen atoms in total. The predicted molar refractivity (Wildman–Crippen MR) is 78.6 cm³/mol. The van der Waals surface area contributed by atoms with E-state index in [9.17, 15) is 4.79 Å². The number of halogens is 1. The summed E-state index contributed by atoms with van der Waals surface area (Å²) in [4.78, 5) is 11.2. The summed E-state index contributed by atoms with van der Waals surface area (Å²) in [7, 11) is 0. The van der Waals surface area contributed by atoms with E-state index in [1.165, 1.54) is 0 Å². The highest BCUT2D eigenvalue weighted by Gasteiger charge is 2.08. The predicted octanol–water partition coefficient (Wildman–Crippen LogP) is 2.76. The van der Waals surface area contributed by atoms with E-state index in [4.69, 9.17) is 16.2 Å². The Labute approximate surface area is 118 Å². The number of ether oxygens (including phenoxy) is 1. The molecule has 18 heavy (non-hydrogen) atoms. The fraction of sp³-hybridized carbons (Fsp3) is 0. The van der Waals surface area contributed by atoms with Gasteiger partial charge in [-0.2, -0.15) is 0 Å². The Morgan fingerprint density at radius 2 is 1.89 bits per heavy atom. The van der Waals surface area contributed by atoms with Gasteiger partial charge in [0.2, 0.25) is 0 Å². The number of amides is 1. The first kappa shape index (κ1) is 12.7. The molecule has 0 saturated heterocycles. The van der Waals surface area contributed by atoms with Crippen LogP contribution in [0.3, 0.4) is 0 Å². The van der Waals surface area contributed by atoms with Gasteiger partial charge in [-0.3, -0.25) is 4.79 Å². The molecule has 0 fully saturated rings. The van der Waals surface area contributed by atoms with E-state index in [0.29, 0.717) is 11.4 Å². The van der Waals surface area contributed by atoms with Crippen LogP contribution in [0.4, 0.5) is 5.69 Å². The number of primary amides is 1. The highest BCUT2D eigenvalue weighted by atomic mass is 127. The third kappa shape index (κ3) is 2.73. The highest BCUT2D eigenvalue weighted by Crippen LogP contribution is 2.28. The molecule has 0 heterocycles. The molecular weight excluding hydrogens is 343 g/mol. The maximum atomic E-state index is 11.2. The maximum Gasteiger partial charge on any atom is 0.250 e. The van der Waals surface area contributed by atoms with E-state index >= 15 is 0 Å². The number of hydrogen-bond donors (Lipinski definition) is 2. The molecule has 0 bridgehead atoms. The van der Waals surface area contributed by atoms with Gasteiger partial charge in [0, 0.05) is 5.69 Å². The smallest absolute Gasteiger partial charge is 0.250 e. The molecule has 92 valence electrons. The molecule has 0 atom stereocenters. The van der Waals surface area contributed by atoms with Gasteiger partial charge in [0.15, 0.2) is 0 Å². The molecule has 2 aromatic rings. The number of rotatable bonds is 3. The molecule has 0 saturated carbocycles. The van der Waals surface area contributed by atoms with Crippen molar-refractivity contribution in [2.45, 2.75) is 0 Å². The van der Waals surface area contributed by atoms with Crippen molar-refractivity contribution in [3.63, 3.8) is 0 Å². The molecule has 2 aromatic carbocycles. The van der Waals surface area contributed by atoms with Gasteiger partial charge in [0.25, 0.3) is 5.91 Å². The number of nitrogens with two attached hydrogens (primary N) is 2. The minimum atomic E-state index is -0.569. The molecule has 2 rings (SSSR count). The zero-order valence-electron chi connectivity index (χ0n) is 9.39. The van der Waals surface area contributed by atoms with Crippen LogP contribution in [0.5, 0.6) is 11.5 Å². The van der Waals surface area contributed by atoms with E-state index in [1.54, 1.807) is 18.2 Å². The molecule has 0 unspecified atom stereocenters. The van der Waals surface area contributed by atoms with Crippen LogP contribution in [0.2, 0.25) is 0 Å². The van der Waals surface area contributed by atoms with E-state index in [-0.39, 0.29) is 5.56 Å². The summed E-state index contributed by atoms with van der Waals surface area (Å²) in [6.45, 7) is 0. The quantitative estimate of drug-likeness (QED) is 0.657. The highest BCUT2D eigenvalue weighted by molar-refractivity contribution is 14.1. The second kappa shape index (κ2) is 5.26. The van der Waals surface area contributed by atoms with Crippen LogP contribution in [0.1, 0.15) is 10.4 Å². The molecule has 0 radical (unpaired) electrons. The first-order valence-electron chi connectivity index (χ1n) is 5.19. The zero-order chi connectivity index (χ0) is 13.1. The van der Waals surface area contributed by atoms with Crippen molar-refractivity contribution in [1.29, 1.82) is 0 Å². The summed E-state index contributed by atoms with van der Waals surface area (Å²) in [5.74, 6) is 0.682. The standard InChI is InChI=1S/C13H11IN2O2/c14-10-3-1-2-4-12(10)18-8-5-6-11(15)9(7-8)13(16)17/h1-7H,15H2,(H2,16,17). The number of hydrogen-bond acceptors (Lipinski definition) is 3. The lowest BCUT2D eigenvalue weighted by molar-refractivity contribution is 0.100. The first-order chi connectivity index (χ1) is 8.58. The monoisotopic (exact) mass is 354 g/mol. The molecule has 0 aliphatic rings. The van der Waals surface area contributed by atoms with Gasteiger partial charge >= 0.3 is 0 Å². The summed E-state index contributed by atoms with van der Waals surface area (Å²) >= 11 is 2.17. The van der Waals surface area contributed by atoms with Crippen molar-refractivity contribution in [3.05, 3.63) is 51.6 Å². The zero-order valence-corrected chi connectivity index (χ0v) is 11.5. The van der Waals surface area contributed by atoms with Crippen molar-refractivity contribution in [1.82, 2.24) is 0 Å². The van der Waals surface area contributed by atoms with Crippen molar-refractivity contribution in [2.24, 2.45) is 5.73 Å². The van der Waals surface area contributed by atoms with Crippen LogP contribution in [0.15, 0.2) is 42.5 Å². The van der Waals surface area contributed by atoms with Gasteiger partial charge in [0.1, 0.15) is 11.5 Å². The number of anilines is 1. The summed E-state index contributed by atoms with van der Waals surface area (Å²) < 4.78 is 6.66. The van der Waals surface area contributed by atoms with Crippen LogP contribution in [0, 0.1) is 3.57 Å². The minimum Gasteiger partial charge on any atom is -0.456 e. The maximum absolute atomic E-state index is 11.2. The average molecular weight is 354 g/mol. The van der Waals surface area contributed by atoms with Gasteiger partial charge in [-0.15, -0.1) is 0 Å². The summed E-state index contributed by atoms with van der Waals surface area (Å²) in [6.07, 6.45) is 0. The van der Waals surface area contributed by atoms with Crippen LogP contribution >= 0.6 is 22.6 Å². The first-order valence-corrected chi connectivity index (χ1v) is 6.27. The number of carbonyl (C=O) groups is 1. The van der Waals surface area contributed by atoms with Crippen molar-refractivity contribution in [3.8, 4) is 11.5 Å².